The molecule has 117 heavy (non-hydrogen) atoms. The molecule has 0 N–H and O–H groups in total. The molecule has 0 fully saturated rings. The number of rotatable bonds is 9. The Morgan fingerprint density at radius 1 is 0.145 bits per heavy atom. The lowest BCUT2D eigenvalue weighted by Crippen LogP contribution is -1.91. The third-order valence-electron chi connectivity index (χ3n) is 21.6. The molecule has 0 aliphatic heterocycles. The van der Waals surface area contributed by atoms with Gasteiger partial charge < -0.3 is 13.3 Å². The zero-order valence-electron chi connectivity index (χ0n) is 90.6. The molecule has 3 nitrogen and oxygen atoms in total. The first kappa shape index (κ1) is 44.7. The van der Waals surface area contributed by atoms with Crippen LogP contribution in [0, 0.1) is 0 Å². The van der Waals surface area contributed by atoms with E-state index < -0.39 is 103 Å². The molecule has 21 aromatic carbocycles. The van der Waals surface area contributed by atoms with Crippen molar-refractivity contribution in [3.8, 4) is 100 Å². The molecule has 0 saturated heterocycles. The summed E-state index contributed by atoms with van der Waals surface area (Å²) in [7, 11) is 0. The van der Waals surface area contributed by atoms with Gasteiger partial charge >= 0.3 is 0 Å². The third kappa shape index (κ3) is 11.8. The summed E-state index contributed by atoms with van der Waals surface area (Å²) < 4.78 is 275. The van der Waals surface area contributed by atoms with Gasteiger partial charge in [0.15, 0.2) is 0 Å². The summed E-state index contributed by atoms with van der Waals surface area (Å²) in [4.78, 5) is 0. The molecule has 3 aromatic heterocycles. The van der Waals surface area contributed by atoms with E-state index >= 15 is 0 Å². The molecule has 3 heterocycles. The summed E-state index contributed by atoms with van der Waals surface area (Å²) in [5.74, 6) is 0. The van der Waals surface area contributed by atoms with Crippen molar-refractivity contribution in [1.29, 1.82) is 0 Å². The van der Waals surface area contributed by atoms with Crippen LogP contribution in [0.1, 0.15) is 39.8 Å². The van der Waals surface area contributed by atoms with Crippen molar-refractivity contribution in [1.82, 2.24) is 0 Å². The highest BCUT2D eigenvalue weighted by Gasteiger charge is 2.25. The number of benzene rings is 21. The monoisotopic (exact) mass is 1520 g/mol. The van der Waals surface area contributed by atoms with Crippen LogP contribution in [0.2, 0.25) is 0 Å². The van der Waals surface area contributed by atoms with Gasteiger partial charge in [0.05, 0.1) is 39.8 Å². The molecule has 24 rings (SSSR count). The van der Waals surface area contributed by atoms with Gasteiger partial charge in [-0.05, 0) is 219 Å². The predicted molar refractivity (Wildman–Crippen MR) is 495 cm³/mol. The van der Waals surface area contributed by atoms with E-state index in [4.69, 9.17) is 44.8 Å². The topological polar surface area (TPSA) is 39.4 Å². The van der Waals surface area contributed by atoms with Crippen molar-refractivity contribution in [3.05, 3.63) is 436 Å². The second-order valence-electron chi connectivity index (χ2n) is 28.1. The summed E-state index contributed by atoms with van der Waals surface area (Å²) in [5.41, 5.74) is 12.1. The fourth-order valence-corrected chi connectivity index (χ4v) is 16.6. The van der Waals surface area contributed by atoms with Gasteiger partial charge in [-0.3, -0.25) is 0 Å². The van der Waals surface area contributed by atoms with E-state index in [0.29, 0.717) is 111 Å². The summed E-state index contributed by atoms with van der Waals surface area (Å²) in [6.07, 6.45) is 0. The van der Waals surface area contributed by atoms with Crippen LogP contribution in [-0.2, 0) is 0 Å². The molecule has 0 aliphatic rings. The molecule has 0 amide bonds. The molecule has 0 unspecified atom stereocenters. The van der Waals surface area contributed by atoms with Crippen LogP contribution in [0.25, 0.3) is 231 Å². The molecule has 0 aliphatic carbocycles. The molecule has 0 radical (unpaired) electrons. The second-order valence-corrected chi connectivity index (χ2v) is 28.1. The maximum atomic E-state index is 9.27. The average Bonchev–Trinajstić information content (AvgIpc) is 0.755. The van der Waals surface area contributed by atoms with Gasteiger partial charge in [0.1, 0.15) is 33.5 Å². The van der Waals surface area contributed by atoms with E-state index in [2.05, 4.69) is 0 Å². The first-order valence-corrected chi connectivity index (χ1v) is 37.7. The Labute approximate surface area is 716 Å². The zero-order chi connectivity index (χ0) is 103. The lowest BCUT2D eigenvalue weighted by atomic mass is 9.84. The van der Waals surface area contributed by atoms with E-state index in [1.807, 2.05) is 127 Å². The maximum absolute atomic E-state index is 9.27. The molecule has 0 saturated carbocycles. The number of furan rings is 3. The van der Waals surface area contributed by atoms with E-state index in [9.17, 15) is 8.22 Å². The van der Waals surface area contributed by atoms with Gasteiger partial charge in [-0.25, -0.2) is 0 Å². The smallest absolute Gasteiger partial charge is 0.136 e. The first-order valence-electron chi connectivity index (χ1n) is 52.2. The van der Waals surface area contributed by atoms with Crippen LogP contribution in [0.5, 0.6) is 0 Å². The molecule has 3 heteroatoms. The van der Waals surface area contributed by atoms with Gasteiger partial charge in [0, 0.05) is 32.3 Å². The third-order valence-corrected chi connectivity index (χ3v) is 21.6. The minimum absolute atomic E-state index is 0.0222. The van der Waals surface area contributed by atoms with Crippen molar-refractivity contribution in [3.63, 3.8) is 0 Å². The van der Waals surface area contributed by atoms with E-state index in [1.165, 1.54) is 0 Å². The van der Waals surface area contributed by atoms with Gasteiger partial charge in [-0.15, -0.1) is 0 Å². The Morgan fingerprint density at radius 2 is 0.444 bits per heavy atom. The Kier molecular flexibility index (Phi) is 11.1. The molecule has 24 aromatic rings. The number of fused-ring (bicyclic) bond motifs is 15. The van der Waals surface area contributed by atoms with Gasteiger partial charge in [-0.1, -0.05) is 381 Å². The average molecular weight is 1520 g/mol. The molecular weight excluding hydrogens is 1420 g/mol. The van der Waals surface area contributed by atoms with Crippen molar-refractivity contribution in [2.75, 3.05) is 0 Å². The zero-order valence-corrected chi connectivity index (χ0v) is 61.6. The Hall–Kier alpha value is -15.4. The number of hydrogen-bond donors (Lipinski definition) is 0. The molecule has 0 spiro atoms. The first-order chi connectivity index (χ1) is 70.1. The summed E-state index contributed by atoms with van der Waals surface area (Å²) in [6, 6.07) is 67.4. The summed E-state index contributed by atoms with van der Waals surface area (Å²) >= 11 is 0. The molecule has 0 atom stereocenters. The highest BCUT2D eigenvalue weighted by Crippen LogP contribution is 2.52. The fraction of sp³-hybridized carbons (Fsp3) is 0. The largest absolute Gasteiger partial charge is 0.456 e. The predicted octanol–water partition coefficient (Wildman–Crippen LogP) is 32.7. The Bertz CT molecular complexity index is 9570. The molecule has 546 valence electrons. The van der Waals surface area contributed by atoms with Crippen LogP contribution in [0.4, 0.5) is 0 Å². The van der Waals surface area contributed by atoms with Crippen molar-refractivity contribution in [2.24, 2.45) is 0 Å². The van der Waals surface area contributed by atoms with Crippen LogP contribution < -0.4 is 0 Å². The minimum atomic E-state index is -0.525. The maximum Gasteiger partial charge on any atom is 0.136 e. The standard InChI is InChI=1S/3C38H24O/c1-3-13-25(14-4-1)27-21-11-23-33-37(27)38-32(22-12-24-34(38)39-33)36-30-19-9-7-17-28(30)35(26-15-5-2-6-16-26)29-18-8-10-20-31(29)36;1-3-12-25(13-4-1)27-22-23-34-33(24-27)38-32(20-11-21-35(38)39-34)37-30-18-9-7-16-28(30)36(26-14-5-2-6-15-26)29-17-8-10-19-31(29)37;1-3-11-25(12-4-1)27-19-21-29-34-23-28(20-22-35(34)39-36(29)24-27)38-32-17-9-7-15-30(32)37(26-13-5-2-6-14-26)31-16-8-10-18-33(31)38/h3*1-24H/i7D,8D,9D,10D,17D,18D,19D,20D;1D,3D,4D,7D,8D,9D,10D,12D,13D,16D,17D,18D,19D;7D,8D,9D,10D,15D,16D,17D,18D. The van der Waals surface area contributed by atoms with Crippen molar-refractivity contribution < 1.29 is 53.0 Å². The van der Waals surface area contributed by atoms with Crippen LogP contribution in [-0.4, -0.2) is 0 Å². The normalized spacial score (nSPS) is 15.1. The van der Waals surface area contributed by atoms with Crippen molar-refractivity contribution >= 4 is 130 Å². The highest BCUT2D eigenvalue weighted by molar-refractivity contribution is 6.29. The lowest BCUT2D eigenvalue weighted by Gasteiger charge is -2.18. The quantitative estimate of drug-likeness (QED) is 0.135. The van der Waals surface area contributed by atoms with Crippen LogP contribution >= 0.6 is 0 Å². The second kappa shape index (κ2) is 29.0. The van der Waals surface area contributed by atoms with E-state index in [-0.39, 0.29) is 154 Å². The Morgan fingerprint density at radius 3 is 0.880 bits per heavy atom. The molecule has 0 bridgehead atoms. The van der Waals surface area contributed by atoms with Crippen LogP contribution in [0.15, 0.2) is 449 Å². The van der Waals surface area contributed by atoms with Gasteiger partial charge in [0.25, 0.3) is 0 Å². The number of hydrogen-bond acceptors (Lipinski definition) is 3. The van der Waals surface area contributed by atoms with E-state index in [1.54, 1.807) is 133 Å². The SMILES string of the molecule is [2H]c1c([2H])c([2H])c(-c2ccc3oc4cccc(-c5c6c([2H])c([2H])c([2H])c([2H])c6c(-c6ccccc6)c6c([2H])c([2H])c([2H])c([2H])c56)c4c3c2)c([2H])c1[2H].[2H]c1c([2H])c([2H])c2c(-c3ccc4oc5cc(-c6ccccc6)ccc5c4c3)c3c([2H])c([2H])c([2H])c([2H])c3c(-c3ccccc3)c2c1[2H].[2H]c1c([2H])c([2H])c2c(-c3cccc4oc5cccc(-c6ccccc6)c5c34)c3c([2H])c([2H])c([2H])c([2H])c3c(-c3ccccc3)c2c1[2H]. The fourth-order valence-electron chi connectivity index (χ4n) is 16.6. The Balaban J connectivity index is 0.000000125. The van der Waals surface area contributed by atoms with Gasteiger partial charge in [-0.2, -0.15) is 0 Å². The highest BCUT2D eigenvalue weighted by atomic mass is 16.3. The molecular formula is C114H72O3. The van der Waals surface area contributed by atoms with Gasteiger partial charge in [0.2, 0.25) is 0 Å². The lowest BCUT2D eigenvalue weighted by molar-refractivity contribution is 0.668. The minimum Gasteiger partial charge on any atom is -0.456 e. The van der Waals surface area contributed by atoms with Crippen molar-refractivity contribution in [2.45, 2.75) is 0 Å². The summed E-state index contributed by atoms with van der Waals surface area (Å²) in [5, 5.41) is 5.69. The summed E-state index contributed by atoms with van der Waals surface area (Å²) in [6.45, 7) is 0. The van der Waals surface area contributed by atoms with Crippen LogP contribution in [0.3, 0.4) is 0 Å². The van der Waals surface area contributed by atoms with E-state index in [0.717, 1.165) is 38.4 Å².